The lowest BCUT2D eigenvalue weighted by molar-refractivity contribution is -0.137. The molecule has 1 aliphatic rings. The number of ether oxygens (including phenoxy) is 1. The predicted molar refractivity (Wildman–Crippen MR) is 103 cm³/mol. The third kappa shape index (κ3) is 5.18. The number of nitrogens with one attached hydrogen (secondary N) is 1. The summed E-state index contributed by atoms with van der Waals surface area (Å²) >= 11 is 0. The molecule has 1 amide bonds. The maximum atomic E-state index is 12.5. The molecular formula is C20H24N4O4. The van der Waals surface area contributed by atoms with Crippen LogP contribution in [0.25, 0.3) is 11.4 Å². The molecule has 3 rings (SSSR count). The molecule has 0 spiro atoms. The van der Waals surface area contributed by atoms with Crippen molar-refractivity contribution in [3.8, 4) is 17.1 Å². The second kappa shape index (κ2) is 9.16. The van der Waals surface area contributed by atoms with Crippen molar-refractivity contribution in [3.05, 3.63) is 42.7 Å². The summed E-state index contributed by atoms with van der Waals surface area (Å²) in [6, 6.07) is 5.58. The van der Waals surface area contributed by atoms with Gasteiger partial charge >= 0.3 is 5.97 Å². The van der Waals surface area contributed by atoms with E-state index in [1.807, 2.05) is 18.2 Å². The van der Waals surface area contributed by atoms with Crippen LogP contribution in [0.2, 0.25) is 0 Å². The molecule has 0 unspecified atom stereocenters. The number of hydrogen-bond acceptors (Lipinski definition) is 5. The molecule has 0 saturated carbocycles. The lowest BCUT2D eigenvalue weighted by atomic mass is 9.98. The Morgan fingerprint density at radius 3 is 2.86 bits per heavy atom. The number of hydrogen-bond donors (Lipinski definition) is 2. The van der Waals surface area contributed by atoms with Crippen molar-refractivity contribution in [1.29, 1.82) is 0 Å². The number of piperidine rings is 1. The van der Waals surface area contributed by atoms with Gasteiger partial charge in [-0.3, -0.25) is 19.7 Å². The minimum atomic E-state index is -0.925. The number of carboxylic acids is 1. The van der Waals surface area contributed by atoms with Gasteiger partial charge in [0.25, 0.3) is 0 Å². The van der Waals surface area contributed by atoms with E-state index in [0.29, 0.717) is 31.0 Å². The minimum Gasteiger partial charge on any atom is -0.492 e. The lowest BCUT2D eigenvalue weighted by Crippen LogP contribution is -2.42. The maximum absolute atomic E-state index is 12.5. The molecule has 148 valence electrons. The quantitative estimate of drug-likeness (QED) is 0.677. The molecule has 0 aliphatic carbocycles. The second-order valence-electron chi connectivity index (χ2n) is 6.92. The van der Waals surface area contributed by atoms with Gasteiger partial charge in [0.15, 0.2) is 0 Å². The van der Waals surface area contributed by atoms with Gasteiger partial charge in [0, 0.05) is 37.2 Å². The molecule has 0 radical (unpaired) electrons. The Labute approximate surface area is 163 Å². The van der Waals surface area contributed by atoms with Gasteiger partial charge < -0.3 is 14.7 Å². The fourth-order valence-corrected chi connectivity index (χ4v) is 3.21. The smallest absolute Gasteiger partial charge is 0.303 e. The van der Waals surface area contributed by atoms with Gasteiger partial charge in [-0.1, -0.05) is 6.58 Å². The van der Waals surface area contributed by atoms with Crippen LogP contribution in [0, 0.1) is 5.92 Å². The Kier molecular flexibility index (Phi) is 6.41. The first-order chi connectivity index (χ1) is 13.5. The minimum absolute atomic E-state index is 0.0769. The van der Waals surface area contributed by atoms with E-state index < -0.39 is 5.97 Å². The summed E-state index contributed by atoms with van der Waals surface area (Å²) in [4.78, 5) is 29.2. The summed E-state index contributed by atoms with van der Waals surface area (Å²) in [5.41, 5.74) is 1.98. The zero-order chi connectivity index (χ0) is 19.9. The van der Waals surface area contributed by atoms with Crippen molar-refractivity contribution < 1.29 is 19.4 Å². The molecule has 2 N–H and O–H groups in total. The van der Waals surface area contributed by atoms with Crippen LogP contribution in [-0.2, 0) is 9.59 Å². The van der Waals surface area contributed by atoms with Crippen molar-refractivity contribution in [2.45, 2.75) is 25.7 Å². The highest BCUT2D eigenvalue weighted by atomic mass is 16.5. The van der Waals surface area contributed by atoms with Crippen molar-refractivity contribution in [2.75, 3.05) is 19.7 Å². The summed E-state index contributed by atoms with van der Waals surface area (Å²) in [5.74, 6) is -0.183. The number of rotatable bonds is 8. The average molecular weight is 384 g/mol. The number of likely N-dealkylation sites (tertiary alicyclic amines) is 1. The van der Waals surface area contributed by atoms with Crippen LogP contribution in [0.5, 0.6) is 5.75 Å². The van der Waals surface area contributed by atoms with Crippen LogP contribution in [0.15, 0.2) is 42.7 Å². The van der Waals surface area contributed by atoms with E-state index in [9.17, 15) is 9.59 Å². The van der Waals surface area contributed by atoms with Gasteiger partial charge in [-0.2, -0.15) is 5.10 Å². The number of carbonyl (C=O) groups excluding carboxylic acids is 1. The number of nitrogens with zero attached hydrogens (tertiary/aromatic N) is 3. The first kappa shape index (κ1) is 19.6. The second-order valence-corrected chi connectivity index (χ2v) is 6.92. The van der Waals surface area contributed by atoms with E-state index in [1.54, 1.807) is 17.3 Å². The molecule has 0 aromatic carbocycles. The fraction of sp³-hybridized carbons (Fsp3) is 0.400. The molecule has 8 nitrogen and oxygen atoms in total. The highest BCUT2D eigenvalue weighted by molar-refractivity contribution is 5.93. The third-order valence-electron chi connectivity index (χ3n) is 4.75. The Morgan fingerprint density at radius 2 is 2.18 bits per heavy atom. The normalized spacial score (nSPS) is 16.6. The SMILES string of the molecule is C=C(CCC(=O)O)C(=O)N1CCC[C@@H](COc2ccc(-c3ccn[nH]3)nc2)C1. The summed E-state index contributed by atoms with van der Waals surface area (Å²) < 4.78 is 5.86. The van der Waals surface area contributed by atoms with Gasteiger partial charge in [0.2, 0.25) is 5.91 Å². The molecular weight excluding hydrogens is 360 g/mol. The highest BCUT2D eigenvalue weighted by Crippen LogP contribution is 2.22. The zero-order valence-electron chi connectivity index (χ0n) is 15.6. The standard InChI is InChI=1S/C20H24N4O4/c1-14(4-7-19(25)26)20(27)24-10-2-3-15(12-24)13-28-16-5-6-17(21-11-16)18-8-9-22-23-18/h5-6,8-9,11,15H,1-4,7,10,12-13H2,(H,22,23)(H,25,26)/t15-/m1/s1. The van der Waals surface area contributed by atoms with E-state index in [-0.39, 0.29) is 24.7 Å². The van der Waals surface area contributed by atoms with Crippen LogP contribution in [-0.4, -0.2) is 56.8 Å². The largest absolute Gasteiger partial charge is 0.492 e. The summed E-state index contributed by atoms with van der Waals surface area (Å²) in [6.07, 6.45) is 5.32. The van der Waals surface area contributed by atoms with Crippen LogP contribution in [0.3, 0.4) is 0 Å². The summed E-state index contributed by atoms with van der Waals surface area (Å²) in [6.45, 7) is 5.50. The molecule has 1 saturated heterocycles. The molecule has 1 fully saturated rings. The number of pyridine rings is 1. The Balaban J connectivity index is 1.49. The lowest BCUT2D eigenvalue weighted by Gasteiger charge is -2.33. The number of H-pyrrole nitrogens is 1. The van der Waals surface area contributed by atoms with E-state index >= 15 is 0 Å². The van der Waals surface area contributed by atoms with Crippen LogP contribution in [0.1, 0.15) is 25.7 Å². The van der Waals surface area contributed by atoms with Crippen molar-refractivity contribution in [3.63, 3.8) is 0 Å². The molecule has 2 aromatic heterocycles. The maximum Gasteiger partial charge on any atom is 0.303 e. The van der Waals surface area contributed by atoms with Crippen molar-refractivity contribution in [2.24, 2.45) is 5.92 Å². The van der Waals surface area contributed by atoms with Crippen LogP contribution in [0.4, 0.5) is 0 Å². The van der Waals surface area contributed by atoms with Crippen molar-refractivity contribution >= 4 is 11.9 Å². The number of carbonyl (C=O) groups is 2. The Hall–Kier alpha value is -3.16. The predicted octanol–water partition coefficient (Wildman–Crippen LogP) is 2.51. The number of aliphatic carboxylic acids is 1. The molecule has 28 heavy (non-hydrogen) atoms. The Bertz CT molecular complexity index is 817. The van der Waals surface area contributed by atoms with Gasteiger partial charge in [-0.25, -0.2) is 0 Å². The fourth-order valence-electron chi connectivity index (χ4n) is 3.21. The van der Waals surface area contributed by atoms with Gasteiger partial charge in [-0.05, 0) is 37.5 Å². The first-order valence-corrected chi connectivity index (χ1v) is 9.30. The average Bonchev–Trinajstić information content (AvgIpc) is 3.25. The van der Waals surface area contributed by atoms with Crippen LogP contribution >= 0.6 is 0 Å². The molecule has 0 bridgehead atoms. The number of amides is 1. The topological polar surface area (TPSA) is 108 Å². The molecule has 8 heteroatoms. The van der Waals surface area contributed by atoms with Gasteiger partial charge in [-0.15, -0.1) is 0 Å². The summed E-state index contributed by atoms with van der Waals surface area (Å²) in [5, 5.41) is 15.5. The van der Waals surface area contributed by atoms with E-state index in [4.69, 9.17) is 9.84 Å². The van der Waals surface area contributed by atoms with E-state index in [1.165, 1.54) is 0 Å². The van der Waals surface area contributed by atoms with Crippen molar-refractivity contribution in [1.82, 2.24) is 20.1 Å². The molecule has 2 aromatic rings. The number of aromatic nitrogens is 3. The summed E-state index contributed by atoms with van der Waals surface area (Å²) in [7, 11) is 0. The number of carboxylic acid groups (broad SMARTS) is 1. The third-order valence-corrected chi connectivity index (χ3v) is 4.75. The molecule has 3 heterocycles. The van der Waals surface area contributed by atoms with E-state index in [2.05, 4.69) is 21.8 Å². The molecule has 1 aliphatic heterocycles. The molecule has 1 atom stereocenters. The van der Waals surface area contributed by atoms with Gasteiger partial charge in [0.05, 0.1) is 24.2 Å². The monoisotopic (exact) mass is 384 g/mol. The zero-order valence-corrected chi connectivity index (χ0v) is 15.6. The highest BCUT2D eigenvalue weighted by Gasteiger charge is 2.25. The number of aromatic amines is 1. The van der Waals surface area contributed by atoms with E-state index in [0.717, 1.165) is 24.2 Å². The Morgan fingerprint density at radius 1 is 1.32 bits per heavy atom. The van der Waals surface area contributed by atoms with Crippen LogP contribution < -0.4 is 4.74 Å². The van der Waals surface area contributed by atoms with Gasteiger partial charge in [0.1, 0.15) is 5.75 Å². The first-order valence-electron chi connectivity index (χ1n) is 9.30.